The van der Waals surface area contributed by atoms with E-state index in [1.165, 1.54) is 0 Å². The Hall–Kier alpha value is -2.18. The first-order chi connectivity index (χ1) is 12.0. The van der Waals surface area contributed by atoms with E-state index >= 15 is 0 Å². The second kappa shape index (κ2) is 5.97. The topological polar surface area (TPSA) is 66.1 Å². The third-order valence-electron chi connectivity index (χ3n) is 5.01. The van der Waals surface area contributed by atoms with E-state index in [4.69, 9.17) is 0 Å². The van der Waals surface area contributed by atoms with Gasteiger partial charge in [-0.3, -0.25) is 0 Å². The summed E-state index contributed by atoms with van der Waals surface area (Å²) in [6.07, 6.45) is 1.62. The van der Waals surface area contributed by atoms with Crippen LogP contribution in [0.4, 0.5) is 0 Å². The number of imidazole rings is 1. The van der Waals surface area contributed by atoms with E-state index in [9.17, 15) is 8.42 Å². The van der Waals surface area contributed by atoms with Crippen molar-refractivity contribution in [3.63, 3.8) is 0 Å². The molecular formula is C19H21N3O2S. The zero-order valence-electron chi connectivity index (χ0n) is 14.4. The minimum absolute atomic E-state index is 0.237. The molecule has 1 aliphatic heterocycles. The Balaban J connectivity index is 1.74. The Morgan fingerprint density at radius 3 is 2.68 bits per heavy atom. The van der Waals surface area contributed by atoms with Crippen LogP contribution in [0.3, 0.4) is 0 Å². The van der Waals surface area contributed by atoms with Crippen molar-refractivity contribution >= 4 is 21.1 Å². The summed E-state index contributed by atoms with van der Waals surface area (Å²) in [6.45, 7) is 4.45. The molecule has 0 aliphatic carbocycles. The number of sulfonamides is 1. The lowest BCUT2D eigenvalue weighted by molar-refractivity contribution is 0.385. The van der Waals surface area contributed by atoms with Crippen molar-refractivity contribution in [3.05, 3.63) is 59.4 Å². The molecule has 1 fully saturated rings. The van der Waals surface area contributed by atoms with Gasteiger partial charge in [-0.2, -0.15) is 4.31 Å². The molecule has 1 atom stereocenters. The number of aryl methyl sites for hydroxylation is 2. The third kappa shape index (κ3) is 2.75. The number of hydrogen-bond acceptors (Lipinski definition) is 3. The Bertz CT molecular complexity index is 1010. The Kier molecular flexibility index (Phi) is 3.89. The van der Waals surface area contributed by atoms with Crippen LogP contribution in [0.25, 0.3) is 11.0 Å². The highest BCUT2D eigenvalue weighted by Crippen LogP contribution is 2.36. The van der Waals surface area contributed by atoms with Crippen molar-refractivity contribution in [1.29, 1.82) is 0 Å². The van der Waals surface area contributed by atoms with Crippen molar-refractivity contribution in [2.24, 2.45) is 0 Å². The molecule has 1 N–H and O–H groups in total. The number of hydrogen-bond donors (Lipinski definition) is 1. The molecule has 2 heterocycles. The van der Waals surface area contributed by atoms with Gasteiger partial charge in [0.1, 0.15) is 5.82 Å². The smallest absolute Gasteiger partial charge is 0.243 e. The summed E-state index contributed by atoms with van der Waals surface area (Å²) in [5, 5.41) is 0. The first kappa shape index (κ1) is 16.3. The second-order valence-corrected chi connectivity index (χ2v) is 8.55. The average molecular weight is 355 g/mol. The normalized spacial score (nSPS) is 18.9. The fourth-order valence-electron chi connectivity index (χ4n) is 3.44. The minimum atomic E-state index is -3.54. The molecule has 0 unspecified atom stereocenters. The molecule has 2 aromatic carbocycles. The lowest BCUT2D eigenvalue weighted by Gasteiger charge is -2.23. The van der Waals surface area contributed by atoms with E-state index in [1.807, 2.05) is 44.2 Å². The predicted molar refractivity (Wildman–Crippen MR) is 97.9 cm³/mol. The van der Waals surface area contributed by atoms with E-state index in [0.717, 1.165) is 40.8 Å². The molecule has 1 aliphatic rings. The number of aromatic amines is 1. The number of fused-ring (bicyclic) bond motifs is 1. The fourth-order valence-corrected chi connectivity index (χ4v) is 5.19. The van der Waals surface area contributed by atoms with Crippen molar-refractivity contribution in [2.45, 2.75) is 37.6 Å². The summed E-state index contributed by atoms with van der Waals surface area (Å²) in [6, 6.07) is 12.9. The summed E-state index contributed by atoms with van der Waals surface area (Å²) in [4.78, 5) is 8.28. The number of para-hydroxylation sites is 2. The van der Waals surface area contributed by atoms with Gasteiger partial charge in [0.15, 0.2) is 0 Å². The molecule has 130 valence electrons. The quantitative estimate of drug-likeness (QED) is 0.779. The summed E-state index contributed by atoms with van der Waals surface area (Å²) >= 11 is 0. The SMILES string of the molecule is Cc1ccc(S(=O)(=O)N2CCC[C@@H]2c2nc3ccccc3[nH]2)cc1C. The highest BCUT2D eigenvalue weighted by molar-refractivity contribution is 7.89. The average Bonchev–Trinajstić information content (AvgIpc) is 3.23. The number of aromatic nitrogens is 2. The molecule has 6 heteroatoms. The largest absolute Gasteiger partial charge is 0.341 e. The van der Waals surface area contributed by atoms with E-state index in [0.29, 0.717) is 11.4 Å². The van der Waals surface area contributed by atoms with Crippen LogP contribution in [0.5, 0.6) is 0 Å². The summed E-state index contributed by atoms with van der Waals surface area (Å²) in [5.41, 5.74) is 3.88. The number of nitrogens with zero attached hydrogens (tertiary/aromatic N) is 2. The molecule has 25 heavy (non-hydrogen) atoms. The molecule has 3 aromatic rings. The van der Waals surface area contributed by atoms with Gasteiger partial charge in [-0.1, -0.05) is 18.2 Å². The van der Waals surface area contributed by atoms with Crippen LogP contribution in [0.1, 0.15) is 35.8 Å². The maximum atomic E-state index is 13.2. The molecule has 0 bridgehead atoms. The zero-order valence-corrected chi connectivity index (χ0v) is 15.2. The van der Waals surface area contributed by atoms with Gasteiger partial charge >= 0.3 is 0 Å². The highest BCUT2D eigenvalue weighted by Gasteiger charge is 2.37. The van der Waals surface area contributed by atoms with Crippen LogP contribution < -0.4 is 0 Å². The first-order valence-electron chi connectivity index (χ1n) is 8.50. The lowest BCUT2D eigenvalue weighted by Crippen LogP contribution is -2.31. The van der Waals surface area contributed by atoms with Crippen LogP contribution in [0, 0.1) is 13.8 Å². The standard InChI is InChI=1S/C19H21N3O2S/c1-13-9-10-15(12-14(13)2)25(23,24)22-11-5-8-18(22)19-20-16-6-3-4-7-17(16)21-19/h3-4,6-7,9-10,12,18H,5,8,11H2,1-2H3,(H,20,21)/t18-/m1/s1. The van der Waals surface area contributed by atoms with Crippen LogP contribution in [-0.4, -0.2) is 29.2 Å². The molecule has 0 radical (unpaired) electrons. The maximum absolute atomic E-state index is 13.2. The Morgan fingerprint density at radius 2 is 1.92 bits per heavy atom. The van der Waals surface area contributed by atoms with Gasteiger partial charge in [-0.15, -0.1) is 0 Å². The number of nitrogens with one attached hydrogen (secondary N) is 1. The molecular weight excluding hydrogens is 334 g/mol. The van der Waals surface area contributed by atoms with Gasteiger partial charge in [-0.25, -0.2) is 13.4 Å². The molecule has 4 rings (SSSR count). The molecule has 1 aromatic heterocycles. The second-order valence-electron chi connectivity index (χ2n) is 6.66. The van der Waals surface area contributed by atoms with Crippen LogP contribution in [0.15, 0.2) is 47.4 Å². The van der Waals surface area contributed by atoms with Gasteiger partial charge < -0.3 is 4.98 Å². The van der Waals surface area contributed by atoms with Crippen LogP contribution in [0.2, 0.25) is 0 Å². The van der Waals surface area contributed by atoms with Gasteiger partial charge in [0, 0.05) is 6.54 Å². The van der Waals surface area contributed by atoms with Crippen molar-refractivity contribution < 1.29 is 8.42 Å². The third-order valence-corrected chi connectivity index (χ3v) is 6.92. The van der Waals surface area contributed by atoms with E-state index in [-0.39, 0.29) is 6.04 Å². The van der Waals surface area contributed by atoms with E-state index in [2.05, 4.69) is 9.97 Å². The summed E-state index contributed by atoms with van der Waals surface area (Å²) < 4.78 is 28.0. The number of rotatable bonds is 3. The Labute approximate surface area is 147 Å². The molecule has 5 nitrogen and oxygen atoms in total. The summed E-state index contributed by atoms with van der Waals surface area (Å²) in [5.74, 6) is 0.728. The Morgan fingerprint density at radius 1 is 1.12 bits per heavy atom. The van der Waals surface area contributed by atoms with E-state index < -0.39 is 10.0 Å². The highest BCUT2D eigenvalue weighted by atomic mass is 32.2. The van der Waals surface area contributed by atoms with Crippen LogP contribution in [-0.2, 0) is 10.0 Å². The summed E-state index contributed by atoms with van der Waals surface area (Å²) in [7, 11) is -3.54. The first-order valence-corrected chi connectivity index (χ1v) is 9.94. The van der Waals surface area contributed by atoms with E-state index in [1.54, 1.807) is 16.4 Å². The maximum Gasteiger partial charge on any atom is 0.243 e. The molecule has 1 saturated heterocycles. The molecule has 0 spiro atoms. The minimum Gasteiger partial charge on any atom is -0.341 e. The zero-order chi connectivity index (χ0) is 17.6. The van der Waals surface area contributed by atoms with Crippen molar-refractivity contribution in [3.8, 4) is 0 Å². The molecule has 0 amide bonds. The van der Waals surface area contributed by atoms with Crippen molar-refractivity contribution in [1.82, 2.24) is 14.3 Å². The van der Waals surface area contributed by atoms with Crippen LogP contribution >= 0.6 is 0 Å². The number of benzene rings is 2. The monoisotopic (exact) mass is 355 g/mol. The van der Waals surface area contributed by atoms with Gasteiger partial charge in [0.25, 0.3) is 0 Å². The van der Waals surface area contributed by atoms with Crippen molar-refractivity contribution in [2.75, 3.05) is 6.54 Å². The van der Waals surface area contributed by atoms with Gasteiger partial charge in [0.2, 0.25) is 10.0 Å². The molecule has 0 saturated carbocycles. The predicted octanol–water partition coefficient (Wildman–Crippen LogP) is 3.71. The van der Waals surface area contributed by atoms with Gasteiger partial charge in [-0.05, 0) is 62.1 Å². The fraction of sp³-hybridized carbons (Fsp3) is 0.316. The lowest BCUT2D eigenvalue weighted by atomic mass is 10.1. The van der Waals surface area contributed by atoms with Gasteiger partial charge in [0.05, 0.1) is 22.0 Å². The number of H-pyrrole nitrogens is 1.